The molecule has 0 saturated heterocycles. The zero-order chi connectivity index (χ0) is 12.6. The molecule has 2 rings (SSSR count). The first-order valence-corrected chi connectivity index (χ1v) is 5.66. The van der Waals surface area contributed by atoms with Crippen molar-refractivity contribution in [3.63, 3.8) is 0 Å². The van der Waals surface area contributed by atoms with E-state index in [1.165, 1.54) is 19.2 Å². The van der Waals surface area contributed by atoms with Crippen molar-refractivity contribution in [1.82, 2.24) is 0 Å². The molecule has 0 atom stereocenters. The van der Waals surface area contributed by atoms with Gasteiger partial charge in [0.1, 0.15) is 0 Å². The Kier molecular flexibility index (Phi) is 3.00. The Labute approximate surface area is 103 Å². The monoisotopic (exact) mass is 258 g/mol. The first-order valence-electron chi connectivity index (χ1n) is 5.28. The molecule has 1 fully saturated rings. The second-order valence-electron chi connectivity index (χ2n) is 4.22. The van der Waals surface area contributed by atoms with Crippen molar-refractivity contribution in [2.45, 2.75) is 24.7 Å². The third-order valence-electron chi connectivity index (χ3n) is 3.38. The van der Waals surface area contributed by atoms with Crippen LogP contribution in [0.25, 0.3) is 0 Å². The number of aliphatic carboxylic acids is 1. The van der Waals surface area contributed by atoms with Crippen LogP contribution in [0.2, 0.25) is 5.02 Å². The van der Waals surface area contributed by atoms with Crippen LogP contribution in [0.3, 0.4) is 0 Å². The van der Waals surface area contributed by atoms with Crippen molar-refractivity contribution in [2.75, 3.05) is 7.11 Å². The van der Waals surface area contributed by atoms with Crippen molar-refractivity contribution in [3.05, 3.63) is 28.5 Å². The fraction of sp³-hybridized carbons (Fsp3) is 0.417. The fourth-order valence-electron chi connectivity index (χ4n) is 2.15. The Hall–Kier alpha value is -1.29. The maximum absolute atomic E-state index is 13.5. The lowest BCUT2D eigenvalue weighted by atomic mass is 9.64. The van der Waals surface area contributed by atoms with Gasteiger partial charge < -0.3 is 9.84 Å². The molecule has 1 aliphatic carbocycles. The fourth-order valence-corrected chi connectivity index (χ4v) is 2.36. The molecule has 5 heteroatoms. The molecule has 0 aromatic heterocycles. The summed E-state index contributed by atoms with van der Waals surface area (Å²) in [4.78, 5) is 11.3. The van der Waals surface area contributed by atoms with E-state index in [9.17, 15) is 14.3 Å². The van der Waals surface area contributed by atoms with Crippen LogP contribution in [-0.2, 0) is 10.2 Å². The Morgan fingerprint density at radius 2 is 2.18 bits per heavy atom. The summed E-state index contributed by atoms with van der Waals surface area (Å²) in [5.41, 5.74) is -0.413. The lowest BCUT2D eigenvalue weighted by molar-refractivity contribution is -0.147. The summed E-state index contributed by atoms with van der Waals surface area (Å²) >= 11 is 5.74. The van der Waals surface area contributed by atoms with Crippen molar-refractivity contribution in [2.24, 2.45) is 0 Å². The number of carboxylic acids is 1. The number of methoxy groups -OCH3 is 1. The smallest absolute Gasteiger partial charge is 0.314 e. The van der Waals surface area contributed by atoms with E-state index in [-0.39, 0.29) is 10.8 Å². The maximum Gasteiger partial charge on any atom is 0.314 e. The predicted molar refractivity (Wildman–Crippen MR) is 61.1 cm³/mol. The van der Waals surface area contributed by atoms with E-state index in [1.807, 2.05) is 0 Å². The summed E-state index contributed by atoms with van der Waals surface area (Å²) in [6.07, 6.45) is 1.95. The number of benzene rings is 1. The molecule has 1 N–H and O–H groups in total. The van der Waals surface area contributed by atoms with Crippen LogP contribution in [0.4, 0.5) is 4.39 Å². The van der Waals surface area contributed by atoms with Crippen LogP contribution < -0.4 is 4.74 Å². The van der Waals surface area contributed by atoms with Gasteiger partial charge in [-0.05, 0) is 30.5 Å². The molecule has 0 unspecified atom stereocenters. The number of carbonyl (C=O) groups is 1. The zero-order valence-electron chi connectivity index (χ0n) is 9.30. The maximum atomic E-state index is 13.5. The van der Waals surface area contributed by atoms with E-state index < -0.39 is 17.2 Å². The summed E-state index contributed by atoms with van der Waals surface area (Å²) in [5.74, 6) is -1.56. The van der Waals surface area contributed by atoms with Crippen LogP contribution in [0.15, 0.2) is 12.1 Å². The molecule has 0 spiro atoms. The van der Waals surface area contributed by atoms with E-state index in [1.54, 1.807) is 0 Å². The highest BCUT2D eigenvalue weighted by Crippen LogP contribution is 2.46. The molecule has 1 saturated carbocycles. The average molecular weight is 259 g/mol. The van der Waals surface area contributed by atoms with Crippen molar-refractivity contribution in [3.8, 4) is 5.75 Å². The van der Waals surface area contributed by atoms with Gasteiger partial charge in [-0.1, -0.05) is 18.0 Å². The predicted octanol–water partition coefficient (Wildman–Crippen LogP) is 2.99. The van der Waals surface area contributed by atoms with Gasteiger partial charge in [-0.2, -0.15) is 0 Å². The van der Waals surface area contributed by atoms with Crippen molar-refractivity contribution < 1.29 is 19.0 Å². The van der Waals surface area contributed by atoms with E-state index in [2.05, 4.69) is 0 Å². The number of rotatable bonds is 3. The minimum Gasteiger partial charge on any atom is -0.494 e. The topological polar surface area (TPSA) is 46.5 Å². The van der Waals surface area contributed by atoms with Gasteiger partial charge in [-0.15, -0.1) is 0 Å². The molecule has 0 radical (unpaired) electrons. The Morgan fingerprint density at radius 1 is 1.53 bits per heavy atom. The molecule has 0 bridgehead atoms. The molecule has 1 aromatic carbocycles. The van der Waals surface area contributed by atoms with E-state index in [4.69, 9.17) is 16.3 Å². The summed E-state index contributed by atoms with van der Waals surface area (Å²) in [6, 6.07) is 2.81. The number of carboxylic acid groups (broad SMARTS) is 1. The Morgan fingerprint density at radius 3 is 2.59 bits per heavy atom. The first-order chi connectivity index (χ1) is 8.01. The second-order valence-corrected chi connectivity index (χ2v) is 4.62. The van der Waals surface area contributed by atoms with E-state index in [0.29, 0.717) is 18.4 Å². The van der Waals surface area contributed by atoms with Gasteiger partial charge in [0.15, 0.2) is 11.6 Å². The van der Waals surface area contributed by atoms with Gasteiger partial charge >= 0.3 is 5.97 Å². The minimum absolute atomic E-state index is 0.0139. The van der Waals surface area contributed by atoms with Crippen molar-refractivity contribution >= 4 is 17.6 Å². The van der Waals surface area contributed by atoms with Gasteiger partial charge in [0, 0.05) is 0 Å². The number of ether oxygens (including phenoxy) is 1. The van der Waals surface area contributed by atoms with Crippen LogP contribution in [0.5, 0.6) is 5.75 Å². The van der Waals surface area contributed by atoms with E-state index >= 15 is 0 Å². The molecule has 0 aliphatic heterocycles. The lowest BCUT2D eigenvalue weighted by Crippen LogP contribution is -2.42. The third-order valence-corrected chi connectivity index (χ3v) is 3.66. The molecule has 92 valence electrons. The molecule has 0 amide bonds. The van der Waals surface area contributed by atoms with Gasteiger partial charge in [0.05, 0.1) is 17.5 Å². The normalized spacial score (nSPS) is 17.4. The highest BCUT2D eigenvalue weighted by atomic mass is 35.5. The molecule has 1 aliphatic rings. The largest absolute Gasteiger partial charge is 0.494 e. The summed E-state index contributed by atoms with van der Waals surface area (Å²) in [6.45, 7) is 0. The third kappa shape index (κ3) is 1.76. The Balaban J connectivity index is 2.52. The van der Waals surface area contributed by atoms with E-state index in [0.717, 1.165) is 6.42 Å². The molecule has 17 heavy (non-hydrogen) atoms. The van der Waals surface area contributed by atoms with Crippen LogP contribution in [0.1, 0.15) is 24.8 Å². The van der Waals surface area contributed by atoms with Crippen LogP contribution in [-0.4, -0.2) is 18.2 Å². The Bertz CT molecular complexity index is 469. The molecular formula is C12H12ClFO3. The van der Waals surface area contributed by atoms with Gasteiger partial charge in [-0.25, -0.2) is 4.39 Å². The summed E-state index contributed by atoms with van der Waals surface area (Å²) < 4.78 is 18.3. The van der Waals surface area contributed by atoms with Gasteiger partial charge in [0.25, 0.3) is 0 Å². The minimum atomic E-state index is -0.926. The summed E-state index contributed by atoms with van der Waals surface area (Å²) in [5, 5.41) is 9.18. The number of halogens is 2. The molecule has 1 aromatic rings. The van der Waals surface area contributed by atoms with Crippen LogP contribution in [0, 0.1) is 5.82 Å². The SMILES string of the molecule is COc1cc(C2(C(=O)O)CCC2)cc(Cl)c1F. The summed E-state index contributed by atoms with van der Waals surface area (Å²) in [7, 11) is 1.33. The number of hydrogen-bond acceptors (Lipinski definition) is 2. The average Bonchev–Trinajstić information content (AvgIpc) is 2.20. The first kappa shape index (κ1) is 12.2. The quantitative estimate of drug-likeness (QED) is 0.907. The zero-order valence-corrected chi connectivity index (χ0v) is 10.1. The van der Waals surface area contributed by atoms with Gasteiger partial charge in [-0.3, -0.25) is 4.79 Å². The van der Waals surface area contributed by atoms with Crippen molar-refractivity contribution in [1.29, 1.82) is 0 Å². The van der Waals surface area contributed by atoms with Crippen LogP contribution >= 0.6 is 11.6 Å². The second kappa shape index (κ2) is 4.18. The highest BCUT2D eigenvalue weighted by molar-refractivity contribution is 6.31. The standard InChI is InChI=1S/C12H12ClFO3/c1-17-9-6-7(5-8(13)10(9)14)12(11(15)16)3-2-4-12/h5-6H,2-4H2,1H3,(H,15,16). The molecule has 3 nitrogen and oxygen atoms in total. The molecular weight excluding hydrogens is 247 g/mol. The van der Waals surface area contributed by atoms with Gasteiger partial charge in [0.2, 0.25) is 0 Å². The number of hydrogen-bond donors (Lipinski definition) is 1. The highest BCUT2D eigenvalue weighted by Gasteiger charge is 2.46. The molecule has 0 heterocycles. The lowest BCUT2D eigenvalue weighted by Gasteiger charge is -2.38.